The maximum absolute atomic E-state index is 13.0. The predicted octanol–water partition coefficient (Wildman–Crippen LogP) is 3.04. The maximum Gasteiger partial charge on any atom is 0.490 e. The number of fused-ring (bicyclic) bond motifs is 1. The van der Waals surface area contributed by atoms with Gasteiger partial charge in [0.25, 0.3) is 5.91 Å². The highest BCUT2D eigenvalue weighted by Crippen LogP contribution is 2.23. The number of carboxylic acids is 1. The van der Waals surface area contributed by atoms with Crippen molar-refractivity contribution in [3.05, 3.63) is 40.5 Å². The fourth-order valence-corrected chi connectivity index (χ4v) is 3.70. The lowest BCUT2D eigenvalue weighted by atomic mass is 9.92. The normalized spacial score (nSPS) is 19.8. The molecule has 2 aromatic rings. The monoisotopic (exact) mass is 561 g/mol. The highest BCUT2D eigenvalue weighted by molar-refractivity contribution is 9.10. The second kappa shape index (κ2) is 11.3. The third kappa shape index (κ3) is 7.61. The van der Waals surface area contributed by atoms with Gasteiger partial charge >= 0.3 is 12.1 Å². The van der Waals surface area contributed by atoms with Gasteiger partial charge in [-0.25, -0.2) is 10.2 Å². The van der Waals surface area contributed by atoms with Gasteiger partial charge in [-0.15, -0.1) is 0 Å². The van der Waals surface area contributed by atoms with E-state index in [9.17, 15) is 22.8 Å². The van der Waals surface area contributed by atoms with Crippen molar-refractivity contribution < 1.29 is 32.7 Å². The molecule has 1 fully saturated rings. The summed E-state index contributed by atoms with van der Waals surface area (Å²) >= 11 is 3.46. The molecule has 5 N–H and O–H groups in total. The molecule has 1 unspecified atom stereocenters. The Bertz CT molecular complexity index is 1100. The van der Waals surface area contributed by atoms with Crippen molar-refractivity contribution in [1.82, 2.24) is 20.7 Å². The largest absolute Gasteiger partial charge is 0.490 e. The molecular formula is C22H27BrF3N5O4. The molecule has 3 rings (SSSR count). The number of aromatic nitrogens is 1. The molecule has 13 heteroatoms. The average molecular weight is 562 g/mol. The number of carbonyl (C=O) groups is 3. The van der Waals surface area contributed by atoms with Crippen LogP contribution in [0.15, 0.2) is 34.8 Å². The lowest BCUT2D eigenvalue weighted by molar-refractivity contribution is -0.192. The average Bonchev–Trinajstić information content (AvgIpc) is 2.77. The minimum atomic E-state index is -5.08. The molecule has 3 atom stereocenters. The molecule has 1 aromatic heterocycles. The molecule has 0 spiro atoms. The number of nitrogens with one attached hydrogen (secondary N) is 2. The first-order valence-electron chi connectivity index (χ1n) is 10.7. The molecule has 0 saturated carbocycles. The predicted molar refractivity (Wildman–Crippen MR) is 126 cm³/mol. The Morgan fingerprint density at radius 3 is 2.43 bits per heavy atom. The van der Waals surface area contributed by atoms with Gasteiger partial charge in [0.05, 0.1) is 23.3 Å². The number of carbonyl (C=O) groups excluding carboxylic acids is 2. The van der Waals surface area contributed by atoms with Gasteiger partial charge in [-0.1, -0.05) is 28.1 Å². The number of rotatable bonds is 4. The van der Waals surface area contributed by atoms with Crippen molar-refractivity contribution in [1.29, 1.82) is 0 Å². The van der Waals surface area contributed by atoms with Crippen LogP contribution in [-0.2, 0) is 14.4 Å². The Hall–Kier alpha value is -2.77. The smallest absolute Gasteiger partial charge is 0.475 e. The van der Waals surface area contributed by atoms with Crippen LogP contribution in [0.1, 0.15) is 45.3 Å². The van der Waals surface area contributed by atoms with Crippen LogP contribution >= 0.6 is 15.9 Å². The minimum Gasteiger partial charge on any atom is -0.475 e. The zero-order valence-electron chi connectivity index (χ0n) is 19.3. The fraction of sp³-hybridized carbons (Fsp3) is 0.455. The number of hydrazine groups is 1. The second-order valence-electron chi connectivity index (χ2n) is 8.40. The van der Waals surface area contributed by atoms with Crippen LogP contribution in [0.25, 0.3) is 10.9 Å². The summed E-state index contributed by atoms with van der Waals surface area (Å²) in [5, 5.41) is 12.7. The summed E-state index contributed by atoms with van der Waals surface area (Å²) in [5.41, 5.74) is 9.54. The molecule has 35 heavy (non-hydrogen) atoms. The van der Waals surface area contributed by atoms with Crippen molar-refractivity contribution in [2.24, 2.45) is 5.73 Å². The van der Waals surface area contributed by atoms with Crippen LogP contribution in [0.3, 0.4) is 0 Å². The zero-order valence-corrected chi connectivity index (χ0v) is 20.9. The molecule has 0 aliphatic carbocycles. The number of hydrogen-bond donors (Lipinski definition) is 4. The number of pyridine rings is 1. The summed E-state index contributed by atoms with van der Waals surface area (Å²) < 4.78 is 32.7. The van der Waals surface area contributed by atoms with Crippen LogP contribution in [0, 0.1) is 0 Å². The summed E-state index contributed by atoms with van der Waals surface area (Å²) in [5.74, 6) is -3.14. The topological polar surface area (TPSA) is 138 Å². The van der Waals surface area contributed by atoms with Gasteiger partial charge in [0, 0.05) is 16.4 Å². The Kier molecular flexibility index (Phi) is 9.20. The van der Waals surface area contributed by atoms with Crippen molar-refractivity contribution in [2.45, 2.75) is 57.4 Å². The van der Waals surface area contributed by atoms with Gasteiger partial charge in [-0.3, -0.25) is 19.6 Å². The summed E-state index contributed by atoms with van der Waals surface area (Å²) in [6.45, 7) is 5.89. The number of alkyl halides is 3. The SMILES string of the molecule is C[C@H](N)C(=O)N1CCCC(C)(C(=O)N[C@H](C)c2ccc3ccc(Br)cc3n2)N1.O=C(O)C(F)(F)F. The molecule has 0 bridgehead atoms. The van der Waals surface area contributed by atoms with Crippen molar-refractivity contribution in [3.63, 3.8) is 0 Å². The van der Waals surface area contributed by atoms with Gasteiger partial charge in [0.2, 0.25) is 5.91 Å². The molecule has 2 amide bonds. The van der Waals surface area contributed by atoms with Gasteiger partial charge in [0.1, 0.15) is 5.54 Å². The van der Waals surface area contributed by atoms with Gasteiger partial charge in [-0.2, -0.15) is 13.2 Å². The molecule has 0 radical (unpaired) electrons. The van der Waals surface area contributed by atoms with Gasteiger partial charge in [0.15, 0.2) is 0 Å². The van der Waals surface area contributed by atoms with Crippen molar-refractivity contribution in [2.75, 3.05) is 6.54 Å². The summed E-state index contributed by atoms with van der Waals surface area (Å²) in [6.07, 6.45) is -3.72. The highest BCUT2D eigenvalue weighted by Gasteiger charge is 2.40. The quantitative estimate of drug-likeness (QED) is 0.450. The van der Waals surface area contributed by atoms with E-state index in [4.69, 9.17) is 15.6 Å². The third-order valence-electron chi connectivity index (χ3n) is 5.31. The Balaban J connectivity index is 0.000000540. The highest BCUT2D eigenvalue weighted by atomic mass is 79.9. The van der Waals surface area contributed by atoms with Gasteiger partial charge < -0.3 is 16.2 Å². The number of nitrogens with zero attached hydrogens (tertiary/aromatic N) is 2. The van der Waals surface area contributed by atoms with E-state index in [1.807, 2.05) is 37.3 Å². The number of hydrogen-bond acceptors (Lipinski definition) is 6. The first-order valence-corrected chi connectivity index (χ1v) is 11.5. The van der Waals surface area contributed by atoms with E-state index in [2.05, 4.69) is 31.7 Å². The van der Waals surface area contributed by atoms with Crippen molar-refractivity contribution >= 4 is 44.6 Å². The molecule has 1 aromatic carbocycles. The van der Waals surface area contributed by atoms with E-state index >= 15 is 0 Å². The molecular weight excluding hydrogens is 535 g/mol. The standard InChI is InChI=1S/C20H26BrN5O2.C2HF3O2/c1-12(22)18(27)26-10-4-9-20(3,25-26)19(28)23-13(2)16-8-6-14-5-7-15(21)11-17(14)24-16;3-2(4,5)1(6)7/h5-8,11-13,25H,4,9-10,22H2,1-3H3,(H,23,28);(H,6,7)/t12-,13+,20?;/m0./s1. The van der Waals surface area contributed by atoms with E-state index in [1.54, 1.807) is 13.8 Å². The number of benzene rings is 1. The zero-order chi connectivity index (χ0) is 26.6. The Morgan fingerprint density at radius 2 is 1.86 bits per heavy atom. The fourth-order valence-electron chi connectivity index (χ4n) is 3.35. The minimum absolute atomic E-state index is 0.168. The molecule has 1 saturated heterocycles. The molecule has 2 heterocycles. The Morgan fingerprint density at radius 1 is 1.26 bits per heavy atom. The third-order valence-corrected chi connectivity index (χ3v) is 5.80. The number of nitrogens with two attached hydrogens (primary N) is 1. The summed E-state index contributed by atoms with van der Waals surface area (Å²) in [4.78, 5) is 38.8. The van der Waals surface area contributed by atoms with E-state index in [1.165, 1.54) is 5.01 Å². The molecule has 1 aliphatic heterocycles. The number of carboxylic acid groups (broad SMARTS) is 1. The summed E-state index contributed by atoms with van der Waals surface area (Å²) in [7, 11) is 0. The van der Waals surface area contributed by atoms with Crippen LogP contribution in [0.5, 0.6) is 0 Å². The lowest BCUT2D eigenvalue weighted by Crippen LogP contribution is -2.66. The maximum atomic E-state index is 13.0. The van der Waals surface area contributed by atoms with Crippen molar-refractivity contribution in [3.8, 4) is 0 Å². The van der Waals surface area contributed by atoms with Crippen LogP contribution in [-0.4, -0.2) is 57.2 Å². The number of amides is 2. The van der Waals surface area contributed by atoms with E-state index in [0.717, 1.165) is 27.5 Å². The first kappa shape index (κ1) is 28.5. The van der Waals surface area contributed by atoms with E-state index < -0.39 is 23.7 Å². The number of halogens is 4. The lowest BCUT2D eigenvalue weighted by Gasteiger charge is -2.41. The molecule has 1 aliphatic rings. The van der Waals surface area contributed by atoms with E-state index in [-0.39, 0.29) is 17.9 Å². The Labute approximate surface area is 208 Å². The van der Waals surface area contributed by atoms with Crippen LogP contribution in [0.4, 0.5) is 13.2 Å². The molecule has 9 nitrogen and oxygen atoms in total. The number of aliphatic carboxylic acids is 1. The van der Waals surface area contributed by atoms with Gasteiger partial charge in [-0.05, 0) is 51.8 Å². The first-order chi connectivity index (χ1) is 16.1. The van der Waals surface area contributed by atoms with Crippen LogP contribution < -0.4 is 16.5 Å². The summed E-state index contributed by atoms with van der Waals surface area (Å²) in [6, 6.07) is 8.96. The van der Waals surface area contributed by atoms with Crippen LogP contribution in [0.2, 0.25) is 0 Å². The second-order valence-corrected chi connectivity index (χ2v) is 9.31. The molecule has 192 valence electrons. The van der Waals surface area contributed by atoms with E-state index in [0.29, 0.717) is 13.0 Å².